The number of rotatable bonds is 7. The van der Waals surface area contributed by atoms with Crippen molar-refractivity contribution in [3.8, 4) is 0 Å². The second-order valence-electron chi connectivity index (χ2n) is 8.74. The van der Waals surface area contributed by atoms with Crippen LogP contribution < -0.4 is 10.6 Å². The van der Waals surface area contributed by atoms with Crippen LogP contribution in [0.5, 0.6) is 0 Å². The van der Waals surface area contributed by atoms with Crippen LogP contribution in [0.15, 0.2) is 97.6 Å². The molecule has 0 spiro atoms. The van der Waals surface area contributed by atoms with Gasteiger partial charge in [0.25, 0.3) is 0 Å². The molecule has 0 aliphatic heterocycles. The Labute approximate surface area is 214 Å². The summed E-state index contributed by atoms with van der Waals surface area (Å²) < 4.78 is 5.07. The van der Waals surface area contributed by atoms with Crippen molar-refractivity contribution in [1.29, 1.82) is 0 Å². The first-order valence-corrected chi connectivity index (χ1v) is 11.8. The van der Waals surface area contributed by atoms with E-state index in [4.69, 9.17) is 4.74 Å². The number of carbonyl (C=O) groups excluding carboxylic acids is 3. The van der Waals surface area contributed by atoms with Gasteiger partial charge in [-0.05, 0) is 48.9 Å². The van der Waals surface area contributed by atoms with Crippen molar-refractivity contribution in [2.75, 3.05) is 10.6 Å². The van der Waals surface area contributed by atoms with Gasteiger partial charge in [0.05, 0.1) is 22.5 Å². The first-order chi connectivity index (χ1) is 17.9. The van der Waals surface area contributed by atoms with Gasteiger partial charge in [-0.2, -0.15) is 0 Å². The van der Waals surface area contributed by atoms with E-state index < -0.39 is 5.97 Å². The number of nitrogens with one attached hydrogen (secondary N) is 2. The molecule has 0 bridgehead atoms. The zero-order chi connectivity index (χ0) is 25.9. The van der Waals surface area contributed by atoms with Gasteiger partial charge in [-0.15, -0.1) is 0 Å². The van der Waals surface area contributed by atoms with Crippen LogP contribution >= 0.6 is 0 Å². The Bertz CT molecular complexity index is 1540. The standard InChI is InChI=1S/C31H24N2O4/c1-3-27(34)37-18-20-10-14-22(15-11-20)33-26-17-16-25(32-21-12-8-19(2)9-13-21)28-29(26)31(36)24-7-5-4-6-23(24)30(28)35/h3-17,32-33H,1,18H2,2H3. The summed E-state index contributed by atoms with van der Waals surface area (Å²) in [4.78, 5) is 38.6. The second kappa shape index (κ2) is 9.95. The Morgan fingerprint density at radius 1 is 0.757 bits per heavy atom. The Balaban J connectivity index is 1.52. The van der Waals surface area contributed by atoms with E-state index in [0.29, 0.717) is 33.6 Å². The van der Waals surface area contributed by atoms with E-state index in [2.05, 4.69) is 17.2 Å². The first kappa shape index (κ1) is 23.8. The van der Waals surface area contributed by atoms with Crippen molar-refractivity contribution < 1.29 is 19.1 Å². The molecule has 2 N–H and O–H groups in total. The molecular weight excluding hydrogens is 464 g/mol. The van der Waals surface area contributed by atoms with E-state index in [-0.39, 0.29) is 18.2 Å². The highest BCUT2D eigenvalue weighted by atomic mass is 16.5. The molecule has 0 heterocycles. The number of hydrogen-bond acceptors (Lipinski definition) is 6. The zero-order valence-corrected chi connectivity index (χ0v) is 20.2. The van der Waals surface area contributed by atoms with Gasteiger partial charge in [0.15, 0.2) is 11.6 Å². The number of ether oxygens (including phenoxy) is 1. The number of anilines is 4. The Hall–Kier alpha value is -4.97. The molecule has 0 aromatic heterocycles. The summed E-state index contributed by atoms with van der Waals surface area (Å²) in [5, 5.41) is 6.61. The van der Waals surface area contributed by atoms with Crippen molar-refractivity contribution in [3.63, 3.8) is 0 Å². The molecular formula is C31H24N2O4. The highest BCUT2D eigenvalue weighted by Gasteiger charge is 2.34. The van der Waals surface area contributed by atoms with Gasteiger partial charge < -0.3 is 15.4 Å². The van der Waals surface area contributed by atoms with Crippen LogP contribution in [0.3, 0.4) is 0 Å². The van der Waals surface area contributed by atoms with Crippen molar-refractivity contribution >= 4 is 40.3 Å². The fraction of sp³-hybridized carbons (Fsp3) is 0.0645. The van der Waals surface area contributed by atoms with Crippen LogP contribution in [0, 0.1) is 6.92 Å². The first-order valence-electron chi connectivity index (χ1n) is 11.8. The topological polar surface area (TPSA) is 84.5 Å². The van der Waals surface area contributed by atoms with Gasteiger partial charge in [-0.1, -0.05) is 60.7 Å². The highest BCUT2D eigenvalue weighted by molar-refractivity contribution is 6.32. The maximum absolute atomic E-state index is 13.7. The second-order valence-corrected chi connectivity index (χ2v) is 8.74. The van der Waals surface area contributed by atoms with Gasteiger partial charge in [0.2, 0.25) is 0 Å². The summed E-state index contributed by atoms with van der Waals surface area (Å²) >= 11 is 0. The Kier molecular flexibility index (Phi) is 6.39. The summed E-state index contributed by atoms with van der Waals surface area (Å²) in [6.45, 7) is 5.52. The molecule has 1 aliphatic rings. The van der Waals surface area contributed by atoms with E-state index in [1.165, 1.54) is 0 Å². The molecule has 4 aromatic rings. The normalized spacial score (nSPS) is 11.8. The van der Waals surface area contributed by atoms with E-state index >= 15 is 0 Å². The third-order valence-electron chi connectivity index (χ3n) is 6.19. The summed E-state index contributed by atoms with van der Waals surface area (Å²) in [6, 6.07) is 25.6. The van der Waals surface area contributed by atoms with Gasteiger partial charge in [0, 0.05) is 28.6 Å². The van der Waals surface area contributed by atoms with Crippen molar-refractivity contribution in [1.82, 2.24) is 0 Å². The summed E-state index contributed by atoms with van der Waals surface area (Å²) in [5.74, 6) is -0.910. The minimum absolute atomic E-state index is 0.129. The lowest BCUT2D eigenvalue weighted by molar-refractivity contribution is -0.138. The van der Waals surface area contributed by atoms with E-state index in [1.807, 2.05) is 61.5 Å². The number of ketones is 2. The predicted molar refractivity (Wildman–Crippen MR) is 144 cm³/mol. The van der Waals surface area contributed by atoms with E-state index in [9.17, 15) is 14.4 Å². The molecule has 5 rings (SSSR count). The molecule has 0 unspecified atom stereocenters. The maximum atomic E-state index is 13.7. The van der Waals surface area contributed by atoms with Crippen molar-refractivity contribution in [2.45, 2.75) is 13.5 Å². The molecule has 0 saturated carbocycles. The van der Waals surface area contributed by atoms with Gasteiger partial charge in [0.1, 0.15) is 6.61 Å². The molecule has 0 atom stereocenters. The smallest absolute Gasteiger partial charge is 0.330 e. The van der Waals surface area contributed by atoms with E-state index in [0.717, 1.165) is 28.6 Å². The third-order valence-corrected chi connectivity index (χ3v) is 6.19. The lowest BCUT2D eigenvalue weighted by Crippen LogP contribution is -2.23. The fourth-order valence-corrected chi connectivity index (χ4v) is 4.28. The van der Waals surface area contributed by atoms with Crippen LogP contribution in [0.2, 0.25) is 0 Å². The molecule has 4 aromatic carbocycles. The zero-order valence-electron chi connectivity index (χ0n) is 20.2. The summed E-state index contributed by atoms with van der Waals surface area (Å²) in [7, 11) is 0. The Morgan fingerprint density at radius 3 is 1.73 bits per heavy atom. The number of esters is 1. The molecule has 6 nitrogen and oxygen atoms in total. The average Bonchev–Trinajstić information content (AvgIpc) is 2.93. The fourth-order valence-electron chi connectivity index (χ4n) is 4.28. The van der Waals surface area contributed by atoms with Crippen LogP contribution in [0.25, 0.3) is 0 Å². The molecule has 1 aliphatic carbocycles. The molecule has 0 saturated heterocycles. The van der Waals surface area contributed by atoms with Crippen LogP contribution in [0.1, 0.15) is 43.0 Å². The number of benzene rings is 4. The highest BCUT2D eigenvalue weighted by Crippen LogP contribution is 2.38. The summed E-state index contributed by atoms with van der Waals surface area (Å²) in [6.07, 6.45) is 1.12. The lowest BCUT2D eigenvalue weighted by atomic mass is 9.82. The molecule has 182 valence electrons. The van der Waals surface area contributed by atoms with Gasteiger partial charge >= 0.3 is 5.97 Å². The monoisotopic (exact) mass is 488 g/mol. The summed E-state index contributed by atoms with van der Waals surface area (Å²) in [5.41, 5.74) is 6.00. The lowest BCUT2D eigenvalue weighted by Gasteiger charge is -2.24. The SMILES string of the molecule is C=CC(=O)OCc1ccc(Nc2ccc(Nc3ccc(C)cc3)c3c2C(=O)c2ccccc2C3=O)cc1. The van der Waals surface area contributed by atoms with Gasteiger partial charge in [-0.3, -0.25) is 9.59 Å². The average molecular weight is 489 g/mol. The molecule has 0 radical (unpaired) electrons. The van der Waals surface area contributed by atoms with Crippen LogP contribution in [-0.4, -0.2) is 17.5 Å². The molecule has 6 heteroatoms. The van der Waals surface area contributed by atoms with Crippen LogP contribution in [0.4, 0.5) is 22.7 Å². The van der Waals surface area contributed by atoms with Gasteiger partial charge in [-0.25, -0.2) is 4.79 Å². The maximum Gasteiger partial charge on any atom is 0.330 e. The quantitative estimate of drug-likeness (QED) is 0.201. The Morgan fingerprint density at radius 2 is 1.24 bits per heavy atom. The molecule has 0 fully saturated rings. The van der Waals surface area contributed by atoms with Crippen molar-refractivity contribution in [3.05, 3.63) is 131 Å². The minimum Gasteiger partial charge on any atom is -0.458 e. The van der Waals surface area contributed by atoms with Crippen molar-refractivity contribution in [2.24, 2.45) is 0 Å². The minimum atomic E-state index is -0.489. The molecule has 0 amide bonds. The predicted octanol–water partition coefficient (Wildman–Crippen LogP) is 6.49. The third kappa shape index (κ3) is 4.77. The number of fused-ring (bicyclic) bond motifs is 2. The number of hydrogen-bond donors (Lipinski definition) is 2. The largest absolute Gasteiger partial charge is 0.458 e. The van der Waals surface area contributed by atoms with Crippen LogP contribution in [-0.2, 0) is 16.1 Å². The molecule has 37 heavy (non-hydrogen) atoms. The number of carbonyl (C=O) groups is 3. The van der Waals surface area contributed by atoms with E-state index in [1.54, 1.807) is 30.3 Å². The number of aryl methyl sites for hydroxylation is 1.